The van der Waals surface area contributed by atoms with E-state index in [0.29, 0.717) is 6.10 Å². The predicted octanol–water partition coefficient (Wildman–Crippen LogP) is 2.22. The maximum Gasteiger partial charge on any atom is 0.224 e. The SMILES string of the molecule is CC(C)OCCCCNC(=O)C1CCCCCC1N. The van der Waals surface area contributed by atoms with Crippen molar-refractivity contribution >= 4 is 5.91 Å². The minimum Gasteiger partial charge on any atom is -0.379 e. The number of nitrogens with two attached hydrogens (primary N) is 1. The number of unbranched alkanes of at least 4 members (excludes halogenated alkanes) is 1. The van der Waals surface area contributed by atoms with Gasteiger partial charge >= 0.3 is 0 Å². The summed E-state index contributed by atoms with van der Waals surface area (Å²) in [5, 5.41) is 3.02. The fourth-order valence-corrected chi connectivity index (χ4v) is 2.55. The molecule has 1 saturated carbocycles. The van der Waals surface area contributed by atoms with Gasteiger partial charge in [-0.15, -0.1) is 0 Å². The van der Waals surface area contributed by atoms with E-state index in [1.807, 2.05) is 13.8 Å². The summed E-state index contributed by atoms with van der Waals surface area (Å²) in [6.07, 6.45) is 7.70. The first kappa shape index (κ1) is 16.4. The number of hydrogen-bond acceptors (Lipinski definition) is 3. The van der Waals surface area contributed by atoms with Crippen molar-refractivity contribution in [2.24, 2.45) is 11.7 Å². The molecule has 2 atom stereocenters. The zero-order valence-corrected chi connectivity index (χ0v) is 12.5. The fourth-order valence-electron chi connectivity index (χ4n) is 2.55. The van der Waals surface area contributed by atoms with Crippen LogP contribution < -0.4 is 11.1 Å². The van der Waals surface area contributed by atoms with E-state index < -0.39 is 0 Å². The van der Waals surface area contributed by atoms with E-state index >= 15 is 0 Å². The summed E-state index contributed by atoms with van der Waals surface area (Å²) in [4.78, 5) is 12.1. The van der Waals surface area contributed by atoms with E-state index in [2.05, 4.69) is 5.32 Å². The van der Waals surface area contributed by atoms with Crippen LogP contribution in [0.5, 0.6) is 0 Å². The topological polar surface area (TPSA) is 64.3 Å². The predicted molar refractivity (Wildman–Crippen MR) is 77.9 cm³/mol. The zero-order valence-electron chi connectivity index (χ0n) is 12.5. The van der Waals surface area contributed by atoms with Crippen molar-refractivity contribution < 1.29 is 9.53 Å². The molecule has 0 heterocycles. The maximum absolute atomic E-state index is 12.1. The monoisotopic (exact) mass is 270 g/mol. The molecule has 4 heteroatoms. The molecule has 1 aliphatic rings. The van der Waals surface area contributed by atoms with Crippen LogP contribution in [0.4, 0.5) is 0 Å². The Bertz CT molecular complexity index is 257. The quantitative estimate of drug-likeness (QED) is 0.551. The molecule has 1 aliphatic carbocycles. The highest BCUT2D eigenvalue weighted by Gasteiger charge is 2.26. The lowest BCUT2D eigenvalue weighted by Crippen LogP contribution is -2.41. The Hall–Kier alpha value is -0.610. The van der Waals surface area contributed by atoms with Crippen LogP contribution in [0.3, 0.4) is 0 Å². The smallest absolute Gasteiger partial charge is 0.224 e. The molecule has 2 unspecified atom stereocenters. The first-order chi connectivity index (χ1) is 9.11. The van der Waals surface area contributed by atoms with Crippen LogP contribution in [0.15, 0.2) is 0 Å². The van der Waals surface area contributed by atoms with Crippen LogP contribution in [0, 0.1) is 5.92 Å². The Morgan fingerprint density at radius 1 is 1.26 bits per heavy atom. The second-order valence-corrected chi connectivity index (χ2v) is 5.83. The van der Waals surface area contributed by atoms with Crippen molar-refractivity contribution in [3.05, 3.63) is 0 Å². The van der Waals surface area contributed by atoms with Crippen molar-refractivity contribution in [1.29, 1.82) is 0 Å². The number of hydrogen-bond donors (Lipinski definition) is 2. The first-order valence-electron chi connectivity index (χ1n) is 7.76. The molecule has 0 spiro atoms. The molecule has 3 N–H and O–H groups in total. The highest BCUT2D eigenvalue weighted by molar-refractivity contribution is 5.79. The molecule has 1 fully saturated rings. The van der Waals surface area contributed by atoms with Crippen LogP contribution in [0.1, 0.15) is 58.8 Å². The van der Waals surface area contributed by atoms with Crippen LogP contribution in [-0.4, -0.2) is 31.2 Å². The van der Waals surface area contributed by atoms with Gasteiger partial charge in [0.1, 0.15) is 0 Å². The van der Waals surface area contributed by atoms with Crippen LogP contribution in [0.25, 0.3) is 0 Å². The Morgan fingerprint density at radius 3 is 2.74 bits per heavy atom. The first-order valence-corrected chi connectivity index (χ1v) is 7.76. The number of amides is 1. The number of carbonyl (C=O) groups excluding carboxylic acids is 1. The van der Waals surface area contributed by atoms with E-state index in [4.69, 9.17) is 10.5 Å². The molecule has 0 saturated heterocycles. The molecule has 0 aliphatic heterocycles. The maximum atomic E-state index is 12.1. The van der Waals surface area contributed by atoms with Crippen molar-refractivity contribution in [3.63, 3.8) is 0 Å². The van der Waals surface area contributed by atoms with Crippen molar-refractivity contribution in [1.82, 2.24) is 5.32 Å². The van der Waals surface area contributed by atoms with Crippen LogP contribution in [-0.2, 0) is 9.53 Å². The molecule has 0 aromatic rings. The Labute approximate surface area is 117 Å². The summed E-state index contributed by atoms with van der Waals surface area (Å²) in [7, 11) is 0. The average Bonchev–Trinajstić information content (AvgIpc) is 2.57. The summed E-state index contributed by atoms with van der Waals surface area (Å²) in [5.74, 6) is 0.175. The third-order valence-corrected chi connectivity index (χ3v) is 3.73. The van der Waals surface area contributed by atoms with Gasteiger partial charge in [0.2, 0.25) is 5.91 Å². The highest BCUT2D eigenvalue weighted by Crippen LogP contribution is 2.22. The molecule has 0 radical (unpaired) electrons. The third kappa shape index (κ3) is 6.92. The lowest BCUT2D eigenvalue weighted by Gasteiger charge is -2.20. The Morgan fingerprint density at radius 2 is 2.00 bits per heavy atom. The third-order valence-electron chi connectivity index (χ3n) is 3.73. The second kappa shape index (κ2) is 9.32. The molecule has 19 heavy (non-hydrogen) atoms. The number of rotatable bonds is 7. The summed E-state index contributed by atoms with van der Waals surface area (Å²) in [6, 6.07) is 0.0479. The normalized spacial score (nSPS) is 24.2. The molecule has 1 rings (SSSR count). The van der Waals surface area contributed by atoms with Crippen molar-refractivity contribution in [2.75, 3.05) is 13.2 Å². The fraction of sp³-hybridized carbons (Fsp3) is 0.933. The largest absolute Gasteiger partial charge is 0.379 e. The van der Waals surface area contributed by atoms with Crippen molar-refractivity contribution in [3.8, 4) is 0 Å². The van der Waals surface area contributed by atoms with Gasteiger partial charge in [-0.2, -0.15) is 0 Å². The second-order valence-electron chi connectivity index (χ2n) is 5.83. The molecule has 4 nitrogen and oxygen atoms in total. The molecule has 0 aromatic heterocycles. The van der Waals surface area contributed by atoms with Gasteiger partial charge in [-0.3, -0.25) is 4.79 Å². The van der Waals surface area contributed by atoms with E-state index in [1.54, 1.807) is 0 Å². The number of nitrogens with one attached hydrogen (secondary N) is 1. The molecule has 112 valence electrons. The average molecular weight is 270 g/mol. The lowest BCUT2D eigenvalue weighted by atomic mass is 9.94. The van der Waals surface area contributed by atoms with Gasteiger partial charge in [0.05, 0.1) is 12.0 Å². The van der Waals surface area contributed by atoms with Gasteiger partial charge < -0.3 is 15.8 Å². The molecular formula is C15H30N2O2. The minimum absolute atomic E-state index is 0.0226. The Kier molecular flexibility index (Phi) is 8.07. The van der Waals surface area contributed by atoms with Crippen LogP contribution >= 0.6 is 0 Å². The van der Waals surface area contributed by atoms with E-state index in [0.717, 1.165) is 51.7 Å². The lowest BCUT2D eigenvalue weighted by molar-refractivity contribution is -0.125. The van der Waals surface area contributed by atoms with Gasteiger partial charge in [-0.25, -0.2) is 0 Å². The van der Waals surface area contributed by atoms with Gasteiger partial charge in [0, 0.05) is 19.2 Å². The zero-order chi connectivity index (χ0) is 14.1. The molecule has 0 bridgehead atoms. The molecule has 0 aromatic carbocycles. The Balaban J connectivity index is 2.12. The van der Waals surface area contributed by atoms with Gasteiger partial charge in [-0.05, 0) is 39.5 Å². The summed E-state index contributed by atoms with van der Waals surface area (Å²) < 4.78 is 5.47. The minimum atomic E-state index is 0.0226. The standard InChI is InChI=1S/C15H30N2O2/c1-12(2)19-11-7-6-10-17-15(18)13-8-4-3-5-9-14(13)16/h12-14H,3-11,16H2,1-2H3,(H,17,18). The number of ether oxygens (including phenoxy) is 1. The van der Waals surface area contributed by atoms with Gasteiger partial charge in [-0.1, -0.05) is 19.3 Å². The summed E-state index contributed by atoms with van der Waals surface area (Å²) in [6.45, 7) is 5.59. The van der Waals surface area contributed by atoms with Crippen molar-refractivity contribution in [2.45, 2.75) is 70.9 Å². The highest BCUT2D eigenvalue weighted by atomic mass is 16.5. The van der Waals surface area contributed by atoms with Gasteiger partial charge in [0.25, 0.3) is 0 Å². The molecule has 1 amide bonds. The van der Waals surface area contributed by atoms with Crippen LogP contribution in [0.2, 0.25) is 0 Å². The van der Waals surface area contributed by atoms with Gasteiger partial charge in [0.15, 0.2) is 0 Å². The summed E-state index contributed by atoms with van der Waals surface area (Å²) in [5.41, 5.74) is 6.08. The van der Waals surface area contributed by atoms with E-state index in [1.165, 1.54) is 6.42 Å². The van der Waals surface area contributed by atoms with E-state index in [-0.39, 0.29) is 17.9 Å². The van der Waals surface area contributed by atoms with E-state index in [9.17, 15) is 4.79 Å². The summed E-state index contributed by atoms with van der Waals surface area (Å²) >= 11 is 0. The molecular weight excluding hydrogens is 240 g/mol. The number of carbonyl (C=O) groups is 1.